The van der Waals surface area contributed by atoms with E-state index < -0.39 is 0 Å². The van der Waals surface area contributed by atoms with Gasteiger partial charge < -0.3 is 0 Å². The molecule has 0 saturated heterocycles. The van der Waals surface area contributed by atoms with Gasteiger partial charge in [-0.3, -0.25) is 0 Å². The molecule has 98 valence electrons. The van der Waals surface area contributed by atoms with E-state index in [-0.39, 0.29) is 5.41 Å². The third-order valence-electron chi connectivity index (χ3n) is 3.32. The molecule has 0 heteroatoms. The van der Waals surface area contributed by atoms with Crippen LogP contribution in [-0.2, 0) is 0 Å². The van der Waals surface area contributed by atoms with Gasteiger partial charge in [0.1, 0.15) is 0 Å². The molecule has 1 unspecified atom stereocenters. The van der Waals surface area contributed by atoms with E-state index in [1.165, 1.54) is 17.6 Å². The van der Waals surface area contributed by atoms with Crippen LogP contribution in [0.3, 0.4) is 0 Å². The Morgan fingerprint density at radius 3 is 2.18 bits per heavy atom. The van der Waals surface area contributed by atoms with Crippen LogP contribution in [0.15, 0.2) is 36.0 Å². The summed E-state index contributed by atoms with van der Waals surface area (Å²) in [6.07, 6.45) is 10.2. The van der Waals surface area contributed by atoms with Gasteiger partial charge in [0.05, 0.1) is 0 Å². The van der Waals surface area contributed by atoms with Crippen LogP contribution < -0.4 is 0 Å². The van der Waals surface area contributed by atoms with Crippen LogP contribution in [0, 0.1) is 11.3 Å². The van der Waals surface area contributed by atoms with Crippen molar-refractivity contribution in [2.24, 2.45) is 11.3 Å². The van der Waals surface area contributed by atoms with Crippen LogP contribution >= 0.6 is 0 Å². The smallest absolute Gasteiger partial charge is 0.0131 e. The molecule has 0 amide bonds. The molecule has 0 bridgehead atoms. The second kappa shape index (κ2) is 7.53. The molecule has 0 radical (unpaired) electrons. The zero-order valence-electron chi connectivity index (χ0n) is 12.6. The molecular weight excluding hydrogens is 204 g/mol. The lowest BCUT2D eigenvalue weighted by Crippen LogP contribution is -2.13. The van der Waals surface area contributed by atoms with Crippen molar-refractivity contribution >= 4 is 0 Å². The number of allylic oxidation sites excluding steroid dienone is 5. The van der Waals surface area contributed by atoms with E-state index in [1.54, 1.807) is 0 Å². The van der Waals surface area contributed by atoms with E-state index in [0.717, 1.165) is 12.8 Å². The summed E-state index contributed by atoms with van der Waals surface area (Å²) in [6, 6.07) is 0. The fourth-order valence-corrected chi connectivity index (χ4v) is 1.90. The molecule has 0 aliphatic rings. The van der Waals surface area contributed by atoms with Crippen molar-refractivity contribution in [3.63, 3.8) is 0 Å². The van der Waals surface area contributed by atoms with E-state index in [2.05, 4.69) is 66.3 Å². The highest BCUT2D eigenvalue weighted by Gasteiger charge is 2.19. The van der Waals surface area contributed by atoms with Crippen molar-refractivity contribution in [3.8, 4) is 0 Å². The van der Waals surface area contributed by atoms with Gasteiger partial charge in [-0.05, 0) is 43.1 Å². The first kappa shape index (κ1) is 16.2. The molecule has 0 aliphatic heterocycles. The Morgan fingerprint density at radius 2 is 1.82 bits per heavy atom. The summed E-state index contributed by atoms with van der Waals surface area (Å²) in [5.41, 5.74) is 3.06. The quantitative estimate of drug-likeness (QED) is 0.395. The molecule has 1 atom stereocenters. The molecule has 0 saturated carbocycles. The Hall–Kier alpha value is -0.780. The molecule has 0 aromatic carbocycles. The van der Waals surface area contributed by atoms with Gasteiger partial charge in [-0.1, -0.05) is 65.0 Å². The highest BCUT2D eigenvalue weighted by Crippen LogP contribution is 2.33. The van der Waals surface area contributed by atoms with Crippen LogP contribution in [0.4, 0.5) is 0 Å². The third-order valence-corrected chi connectivity index (χ3v) is 3.32. The normalized spacial score (nSPS) is 15.3. The van der Waals surface area contributed by atoms with Crippen LogP contribution in [0.25, 0.3) is 0 Å². The van der Waals surface area contributed by atoms with E-state index in [0.29, 0.717) is 5.92 Å². The summed E-state index contributed by atoms with van der Waals surface area (Å²) in [7, 11) is 0. The van der Waals surface area contributed by atoms with Gasteiger partial charge in [-0.25, -0.2) is 0 Å². The molecular formula is C17H30. The first-order chi connectivity index (χ1) is 7.86. The summed E-state index contributed by atoms with van der Waals surface area (Å²) in [6.45, 7) is 17.6. The molecule has 0 aromatic heterocycles. The second-order valence-electron chi connectivity index (χ2n) is 5.78. The Labute approximate surface area is 109 Å². The van der Waals surface area contributed by atoms with Gasteiger partial charge in [0.25, 0.3) is 0 Å². The van der Waals surface area contributed by atoms with E-state index in [9.17, 15) is 0 Å². The van der Waals surface area contributed by atoms with Crippen LogP contribution in [-0.4, -0.2) is 0 Å². The van der Waals surface area contributed by atoms with Crippen molar-refractivity contribution < 1.29 is 0 Å². The maximum atomic E-state index is 4.27. The van der Waals surface area contributed by atoms with Gasteiger partial charge in [-0.2, -0.15) is 0 Å². The van der Waals surface area contributed by atoms with Crippen LogP contribution in [0.2, 0.25) is 0 Å². The van der Waals surface area contributed by atoms with E-state index in [1.807, 2.05) is 0 Å². The zero-order valence-corrected chi connectivity index (χ0v) is 12.6. The zero-order chi connectivity index (χ0) is 13.5. The third kappa shape index (κ3) is 5.91. The van der Waals surface area contributed by atoms with Gasteiger partial charge in [0, 0.05) is 0 Å². The largest absolute Gasteiger partial charge is 0.0993 e. The number of rotatable bonds is 6. The maximum Gasteiger partial charge on any atom is -0.0131 e. The number of hydrogen-bond acceptors (Lipinski definition) is 0. The summed E-state index contributed by atoms with van der Waals surface area (Å²) in [5.74, 6) is 0.623. The lowest BCUT2D eigenvalue weighted by atomic mass is 9.79. The molecule has 0 aliphatic carbocycles. The predicted octanol–water partition coefficient (Wildman–Crippen LogP) is 5.92. The monoisotopic (exact) mass is 234 g/mol. The fourth-order valence-electron chi connectivity index (χ4n) is 1.90. The van der Waals surface area contributed by atoms with Gasteiger partial charge in [-0.15, -0.1) is 0 Å². The molecule has 0 rings (SSSR count). The van der Waals surface area contributed by atoms with E-state index >= 15 is 0 Å². The summed E-state index contributed by atoms with van der Waals surface area (Å²) in [4.78, 5) is 0. The molecule has 0 fully saturated rings. The number of hydrogen-bond donors (Lipinski definition) is 0. The highest BCUT2D eigenvalue weighted by atomic mass is 14.2. The minimum Gasteiger partial charge on any atom is -0.0993 e. The van der Waals surface area contributed by atoms with Crippen LogP contribution in [0.1, 0.15) is 60.8 Å². The summed E-state index contributed by atoms with van der Waals surface area (Å²) >= 11 is 0. The SMILES string of the molecule is C=C(CC(CC)C(/C=C\C)=C/CC)C(C)(C)C. The highest BCUT2D eigenvalue weighted by molar-refractivity contribution is 5.24. The van der Waals surface area contributed by atoms with Gasteiger partial charge >= 0.3 is 0 Å². The van der Waals surface area contributed by atoms with Crippen molar-refractivity contribution in [2.45, 2.75) is 60.8 Å². The van der Waals surface area contributed by atoms with Crippen LogP contribution in [0.5, 0.6) is 0 Å². The minimum atomic E-state index is 0.223. The molecule has 0 nitrogen and oxygen atoms in total. The standard InChI is InChI=1S/C17H30/c1-8-11-16(12-9-2)15(10-3)13-14(4)17(5,6)7/h8,11-12,15H,4,9-10,13H2,1-3,5-7H3/b11-8-,16-12+. The second-order valence-corrected chi connectivity index (χ2v) is 5.78. The molecule has 0 aromatic rings. The average molecular weight is 234 g/mol. The first-order valence-electron chi connectivity index (χ1n) is 6.87. The van der Waals surface area contributed by atoms with Crippen molar-refractivity contribution in [1.82, 2.24) is 0 Å². The summed E-state index contributed by atoms with van der Waals surface area (Å²) < 4.78 is 0. The Kier molecular flexibility index (Phi) is 7.18. The predicted molar refractivity (Wildman–Crippen MR) is 80.2 cm³/mol. The Bertz CT molecular complexity index is 284. The fraction of sp³-hybridized carbons (Fsp3) is 0.647. The Balaban J connectivity index is 4.83. The summed E-state index contributed by atoms with van der Waals surface area (Å²) in [5, 5.41) is 0. The van der Waals surface area contributed by atoms with Gasteiger partial charge in [0.15, 0.2) is 0 Å². The van der Waals surface area contributed by atoms with Crippen molar-refractivity contribution in [3.05, 3.63) is 36.0 Å². The van der Waals surface area contributed by atoms with E-state index in [4.69, 9.17) is 0 Å². The first-order valence-corrected chi connectivity index (χ1v) is 6.87. The lowest BCUT2D eigenvalue weighted by Gasteiger charge is -2.26. The average Bonchev–Trinajstić information content (AvgIpc) is 2.24. The molecule has 0 spiro atoms. The maximum absolute atomic E-state index is 4.27. The van der Waals surface area contributed by atoms with Crippen molar-refractivity contribution in [1.29, 1.82) is 0 Å². The topological polar surface area (TPSA) is 0 Å². The molecule has 17 heavy (non-hydrogen) atoms. The van der Waals surface area contributed by atoms with Crippen molar-refractivity contribution in [2.75, 3.05) is 0 Å². The lowest BCUT2D eigenvalue weighted by molar-refractivity contribution is 0.449. The minimum absolute atomic E-state index is 0.223. The Morgan fingerprint density at radius 1 is 1.24 bits per heavy atom. The van der Waals surface area contributed by atoms with Gasteiger partial charge in [0.2, 0.25) is 0 Å². The molecule has 0 heterocycles. The molecule has 0 N–H and O–H groups in total.